The molecule has 1 rings (SSSR count). The van der Waals surface area contributed by atoms with Crippen molar-refractivity contribution in [3.8, 4) is 5.75 Å². The van der Waals surface area contributed by atoms with Crippen molar-refractivity contribution < 1.29 is 15.0 Å². The van der Waals surface area contributed by atoms with Crippen LogP contribution in [-0.4, -0.2) is 16.2 Å². The Hall–Kier alpha value is -1.51. The Balaban J connectivity index is 2.68. The van der Waals surface area contributed by atoms with Gasteiger partial charge in [0.25, 0.3) is 0 Å². The molecule has 0 saturated carbocycles. The van der Waals surface area contributed by atoms with Crippen LogP contribution in [0.3, 0.4) is 0 Å². The molecule has 0 aromatic heterocycles. The number of rotatable bonds is 4. The highest BCUT2D eigenvalue weighted by Crippen LogP contribution is 2.26. The van der Waals surface area contributed by atoms with E-state index in [-0.39, 0.29) is 17.6 Å². The van der Waals surface area contributed by atoms with E-state index >= 15 is 0 Å². The lowest BCUT2D eigenvalue weighted by Gasteiger charge is -2.22. The normalized spacial score (nSPS) is 11.3. The number of carboxylic acids is 1. The van der Waals surface area contributed by atoms with Gasteiger partial charge in [0, 0.05) is 0 Å². The van der Waals surface area contributed by atoms with Crippen molar-refractivity contribution in [2.45, 2.75) is 26.7 Å². The average Bonchev–Trinajstić information content (AvgIpc) is 2.06. The van der Waals surface area contributed by atoms with Gasteiger partial charge in [-0.2, -0.15) is 0 Å². The van der Waals surface area contributed by atoms with Crippen LogP contribution in [0.2, 0.25) is 0 Å². The molecule has 0 unspecified atom stereocenters. The summed E-state index contributed by atoms with van der Waals surface area (Å²) in [5.41, 5.74) is 0.780. The van der Waals surface area contributed by atoms with Crippen LogP contribution in [0.1, 0.15) is 25.8 Å². The molecule has 0 fully saturated rings. The summed E-state index contributed by atoms with van der Waals surface area (Å²) < 4.78 is 0. The van der Waals surface area contributed by atoms with E-state index in [2.05, 4.69) is 0 Å². The summed E-state index contributed by atoms with van der Waals surface area (Å²) in [6.07, 6.45) is 0.841. The molecule has 0 aliphatic carbocycles. The number of phenolic OH excluding ortho intramolecular Hbond substituents is 1. The molecule has 3 nitrogen and oxygen atoms in total. The molecule has 0 heterocycles. The number of phenols is 1. The SMILES string of the molecule is CC(C)(CC(=O)O)Cc1ccc(O)cc1. The van der Waals surface area contributed by atoms with Gasteiger partial charge in [-0.15, -0.1) is 0 Å². The predicted molar refractivity (Wildman–Crippen MR) is 57.8 cm³/mol. The van der Waals surface area contributed by atoms with Crippen LogP contribution in [0, 0.1) is 5.41 Å². The number of carboxylic acid groups (broad SMARTS) is 1. The van der Waals surface area contributed by atoms with Crippen LogP contribution < -0.4 is 0 Å². The molecule has 0 radical (unpaired) electrons. The molecule has 15 heavy (non-hydrogen) atoms. The Kier molecular flexibility index (Phi) is 3.35. The van der Waals surface area contributed by atoms with E-state index in [1.165, 1.54) is 0 Å². The molecule has 0 aliphatic rings. The maximum absolute atomic E-state index is 10.6. The molecule has 0 amide bonds. The third kappa shape index (κ3) is 4.02. The summed E-state index contributed by atoms with van der Waals surface area (Å²) in [4.78, 5) is 10.6. The van der Waals surface area contributed by atoms with Crippen LogP contribution in [-0.2, 0) is 11.2 Å². The van der Waals surface area contributed by atoms with Gasteiger partial charge in [-0.05, 0) is 29.5 Å². The minimum Gasteiger partial charge on any atom is -0.508 e. The van der Waals surface area contributed by atoms with E-state index in [0.717, 1.165) is 5.56 Å². The zero-order valence-corrected chi connectivity index (χ0v) is 9.03. The highest BCUT2D eigenvalue weighted by Gasteiger charge is 2.21. The van der Waals surface area contributed by atoms with Crippen LogP contribution in [0.4, 0.5) is 0 Å². The third-order valence-corrected chi connectivity index (χ3v) is 2.25. The van der Waals surface area contributed by atoms with Crippen LogP contribution in [0.5, 0.6) is 5.75 Å². The summed E-state index contributed by atoms with van der Waals surface area (Å²) in [5.74, 6) is -0.548. The Morgan fingerprint density at radius 1 is 1.27 bits per heavy atom. The molecule has 1 aromatic carbocycles. The highest BCUT2D eigenvalue weighted by molar-refractivity contribution is 5.67. The second-order valence-corrected chi connectivity index (χ2v) is 4.58. The summed E-state index contributed by atoms with van der Waals surface area (Å²) in [6.45, 7) is 3.85. The molecule has 2 N–H and O–H groups in total. The zero-order chi connectivity index (χ0) is 11.5. The average molecular weight is 208 g/mol. The van der Waals surface area contributed by atoms with Crippen LogP contribution in [0.15, 0.2) is 24.3 Å². The van der Waals surface area contributed by atoms with E-state index in [9.17, 15) is 4.79 Å². The van der Waals surface area contributed by atoms with Crippen molar-refractivity contribution in [3.63, 3.8) is 0 Å². The summed E-state index contributed by atoms with van der Waals surface area (Å²) in [6, 6.07) is 6.87. The topological polar surface area (TPSA) is 57.5 Å². The first kappa shape index (κ1) is 11.6. The molecule has 82 valence electrons. The number of aromatic hydroxyl groups is 1. The molecule has 1 aromatic rings. The summed E-state index contributed by atoms with van der Waals surface area (Å²) in [5, 5.41) is 17.8. The van der Waals surface area contributed by atoms with Crippen molar-refractivity contribution in [2.75, 3.05) is 0 Å². The Labute approximate surface area is 89.4 Å². The lowest BCUT2D eigenvalue weighted by Crippen LogP contribution is -2.19. The van der Waals surface area contributed by atoms with Gasteiger partial charge in [0.05, 0.1) is 6.42 Å². The number of benzene rings is 1. The van der Waals surface area contributed by atoms with E-state index in [0.29, 0.717) is 6.42 Å². The standard InChI is InChI=1S/C12H16O3/c1-12(2,8-11(14)15)7-9-3-5-10(13)6-4-9/h3-6,13H,7-8H2,1-2H3,(H,14,15). The molecular weight excluding hydrogens is 192 g/mol. The molecule has 0 atom stereocenters. The quantitative estimate of drug-likeness (QED) is 0.799. The van der Waals surface area contributed by atoms with Crippen LogP contribution in [0.25, 0.3) is 0 Å². The van der Waals surface area contributed by atoms with Gasteiger partial charge < -0.3 is 10.2 Å². The largest absolute Gasteiger partial charge is 0.508 e. The fourth-order valence-corrected chi connectivity index (χ4v) is 1.64. The number of hydrogen-bond acceptors (Lipinski definition) is 2. The molecule has 0 aliphatic heterocycles. The van der Waals surface area contributed by atoms with E-state index in [1.54, 1.807) is 12.1 Å². The zero-order valence-electron chi connectivity index (χ0n) is 9.03. The van der Waals surface area contributed by atoms with Gasteiger partial charge in [-0.1, -0.05) is 26.0 Å². The first-order valence-electron chi connectivity index (χ1n) is 4.89. The van der Waals surface area contributed by atoms with Gasteiger partial charge in [-0.3, -0.25) is 4.79 Å². The van der Waals surface area contributed by atoms with Gasteiger partial charge in [0.2, 0.25) is 0 Å². The van der Waals surface area contributed by atoms with E-state index < -0.39 is 5.97 Å². The first-order chi connectivity index (χ1) is 6.89. The molecule has 0 spiro atoms. The lowest BCUT2D eigenvalue weighted by atomic mass is 9.83. The number of hydrogen-bond donors (Lipinski definition) is 2. The van der Waals surface area contributed by atoms with Crippen molar-refractivity contribution in [2.24, 2.45) is 5.41 Å². The molecule has 3 heteroatoms. The van der Waals surface area contributed by atoms with Gasteiger partial charge in [0.15, 0.2) is 0 Å². The summed E-state index contributed by atoms with van der Waals surface area (Å²) in [7, 11) is 0. The molecular formula is C12H16O3. The van der Waals surface area contributed by atoms with Gasteiger partial charge >= 0.3 is 5.97 Å². The second-order valence-electron chi connectivity index (χ2n) is 4.58. The van der Waals surface area contributed by atoms with E-state index in [4.69, 9.17) is 10.2 Å². The lowest BCUT2D eigenvalue weighted by molar-refractivity contribution is -0.139. The van der Waals surface area contributed by atoms with Crippen molar-refractivity contribution in [3.05, 3.63) is 29.8 Å². The molecule has 0 saturated heterocycles. The number of aliphatic carboxylic acids is 1. The predicted octanol–water partition coefficient (Wildman–Crippen LogP) is 2.44. The maximum atomic E-state index is 10.6. The summed E-state index contributed by atoms with van der Waals surface area (Å²) >= 11 is 0. The van der Waals surface area contributed by atoms with Crippen molar-refractivity contribution in [1.82, 2.24) is 0 Å². The maximum Gasteiger partial charge on any atom is 0.303 e. The third-order valence-electron chi connectivity index (χ3n) is 2.25. The Morgan fingerprint density at radius 3 is 2.27 bits per heavy atom. The van der Waals surface area contributed by atoms with Crippen molar-refractivity contribution >= 4 is 5.97 Å². The van der Waals surface area contributed by atoms with Gasteiger partial charge in [0.1, 0.15) is 5.75 Å². The minimum absolute atomic E-state index is 0.147. The van der Waals surface area contributed by atoms with E-state index in [1.807, 2.05) is 26.0 Å². The fourth-order valence-electron chi connectivity index (χ4n) is 1.64. The number of carbonyl (C=O) groups is 1. The Bertz CT molecular complexity index is 338. The minimum atomic E-state index is -0.779. The Morgan fingerprint density at radius 2 is 1.80 bits per heavy atom. The van der Waals surface area contributed by atoms with Gasteiger partial charge in [-0.25, -0.2) is 0 Å². The van der Waals surface area contributed by atoms with Crippen molar-refractivity contribution in [1.29, 1.82) is 0 Å². The monoisotopic (exact) mass is 208 g/mol. The second kappa shape index (κ2) is 4.34. The highest BCUT2D eigenvalue weighted by atomic mass is 16.4. The smallest absolute Gasteiger partial charge is 0.303 e. The fraction of sp³-hybridized carbons (Fsp3) is 0.417. The first-order valence-corrected chi connectivity index (χ1v) is 4.89. The van der Waals surface area contributed by atoms with Crippen LogP contribution >= 0.6 is 0 Å². The molecule has 0 bridgehead atoms.